The lowest BCUT2D eigenvalue weighted by Crippen LogP contribution is -2.48. The molecule has 0 N–H and O–H groups in total. The molecule has 0 amide bonds. The van der Waals surface area contributed by atoms with Crippen molar-refractivity contribution < 1.29 is 13.7 Å². The Morgan fingerprint density at radius 3 is 0.806 bits per heavy atom. The highest BCUT2D eigenvalue weighted by Crippen LogP contribution is 2.67. The van der Waals surface area contributed by atoms with E-state index >= 15 is 13.7 Å². The molecule has 0 bridgehead atoms. The van der Waals surface area contributed by atoms with E-state index in [-0.39, 0.29) is 0 Å². The van der Waals surface area contributed by atoms with Gasteiger partial charge in [-0.3, -0.25) is 0 Å². The summed E-state index contributed by atoms with van der Waals surface area (Å²) in [4.78, 5) is 0. The lowest BCUT2D eigenvalue weighted by Gasteiger charge is -2.48. The van der Waals surface area contributed by atoms with Crippen LogP contribution in [0.15, 0.2) is 522 Å². The maximum absolute atomic E-state index is 16.9. The quantitative estimate of drug-likeness (QED) is 0.161. The number of rotatable bonds is 5. The van der Waals surface area contributed by atoms with Crippen molar-refractivity contribution in [2.45, 2.75) is 16.2 Å². The average molecular weight is 1890 g/mol. The Balaban J connectivity index is 0.000000101. The molecule has 674 valence electrons. The second-order valence-electron chi connectivity index (χ2n) is 39.1. The van der Waals surface area contributed by atoms with Gasteiger partial charge in [-0.25, -0.2) is 0 Å². The van der Waals surface area contributed by atoms with Gasteiger partial charge in [-0.2, -0.15) is 0 Å². The normalized spacial score (nSPS) is 18.9. The number of aromatic nitrogens is 3. The standard InChI is InChI=1S/C49H32NOP.C45H28NOP.C41H26NOP/c51-52(37-19-8-3-9-20-37)46-29-27-35(33-15-4-1-5-16-33)31-42(46)49(43-32-36(28-30-47(43)52)34-17-6-2-7-18-34)40-23-11-13-26-45(40)50-44-25-12-10-21-38(44)39-22-14-24-41(49)48(39)50;47-48(31-15-2-1-3-16-31)43-32-17-6-4-13-29(32)25-27-38(43)45(39-28-26-30-14-5-7-18-33(30)44(39)48)36-21-9-11-24-41(36)46-40-23-10-8-19-34(40)35-20-12-22-37(45)42(35)46;43-44(28-14-2-1-3-15-28)38-24-11-8-20-33(38)41(35-26-25-27-13-4-5-16-29(27)40(35)44)32-19-7-10-23-37(32)42-36-22-9-6-17-30(36)31-18-12-21-34(41)39(31)42/h1-32H;1-28H;1-26H. The molecule has 0 aliphatic carbocycles. The van der Waals surface area contributed by atoms with E-state index in [1.807, 2.05) is 54.6 Å². The summed E-state index contributed by atoms with van der Waals surface area (Å²) in [7, 11) is -10.1. The molecular weight excluding hydrogens is 1800 g/mol. The second-order valence-corrected chi connectivity index (χ2v) is 47.1. The van der Waals surface area contributed by atoms with Crippen molar-refractivity contribution in [3.05, 3.63) is 588 Å². The van der Waals surface area contributed by atoms with Gasteiger partial charge in [0, 0.05) is 80.1 Å². The van der Waals surface area contributed by atoms with Crippen LogP contribution in [0.4, 0.5) is 0 Å². The SMILES string of the molecule is O=P1(c2ccccc2)c2c(ccc3ccccc23)C2(c3ccccc3-n3c4ccccc4c4cccc2c43)c2ccc3ccccc3c21.O=P1(c2ccccc2)c2ccc(-c3ccccc3)cc2C2(c3ccccc3-n3c4ccccc4c4cccc2c43)c2cc(-c3ccccc3)ccc21.O=P1(c2ccccc2)c2ccccc2C2(c3ccccc3-n3c4ccccc4c4cccc2c43)c2ccc3ccccc3c21. The summed E-state index contributed by atoms with van der Waals surface area (Å²) in [5, 5.41) is 22.0. The van der Waals surface area contributed by atoms with E-state index in [0.717, 1.165) is 147 Å². The monoisotopic (exact) mass is 1890 g/mol. The van der Waals surface area contributed by atoms with Gasteiger partial charge in [-0.15, -0.1) is 0 Å². The molecule has 0 radical (unpaired) electrons. The van der Waals surface area contributed by atoms with E-state index in [0.29, 0.717) is 0 Å². The molecule has 0 saturated carbocycles. The zero-order chi connectivity index (χ0) is 95.1. The second kappa shape index (κ2) is 31.0. The molecule has 23 aromatic carbocycles. The first-order valence-electron chi connectivity index (χ1n) is 49.6. The van der Waals surface area contributed by atoms with E-state index in [4.69, 9.17) is 0 Å². The summed E-state index contributed by atoms with van der Waals surface area (Å²) < 4.78 is 57.0. The van der Waals surface area contributed by atoms with Gasteiger partial charge in [0.2, 0.25) is 0 Å². The average Bonchev–Trinajstić information content (AvgIpc) is 1.35. The van der Waals surface area contributed by atoms with E-state index in [9.17, 15) is 0 Å². The van der Waals surface area contributed by atoms with Crippen LogP contribution in [0, 0.1) is 0 Å². The van der Waals surface area contributed by atoms with E-state index in [1.165, 1.54) is 104 Å². The Hall–Kier alpha value is -17.1. The summed E-state index contributed by atoms with van der Waals surface area (Å²) in [6.07, 6.45) is 0. The molecule has 6 aliphatic rings. The molecular formula is C135H86N3O3P3. The Kier molecular flexibility index (Phi) is 17.8. The number of nitrogens with zero attached hydrogens (tertiary/aromatic N) is 3. The maximum atomic E-state index is 16.9. The van der Waals surface area contributed by atoms with E-state index < -0.39 is 37.7 Å². The van der Waals surface area contributed by atoms with Crippen LogP contribution in [0.1, 0.15) is 66.8 Å². The molecule has 2 unspecified atom stereocenters. The minimum absolute atomic E-state index is 0.668. The molecule has 26 aromatic rings. The molecule has 2 atom stereocenters. The fourth-order valence-electron chi connectivity index (χ4n) is 27.0. The molecule has 32 rings (SSSR count). The predicted octanol–water partition coefficient (Wildman–Crippen LogP) is 29.1. The van der Waals surface area contributed by atoms with Crippen molar-refractivity contribution in [3.8, 4) is 39.3 Å². The van der Waals surface area contributed by atoms with Crippen LogP contribution >= 0.6 is 21.4 Å². The number of hydrogen-bond acceptors (Lipinski definition) is 3. The van der Waals surface area contributed by atoms with Crippen molar-refractivity contribution in [1.82, 2.24) is 13.7 Å². The van der Waals surface area contributed by atoms with Gasteiger partial charge in [0.1, 0.15) is 0 Å². The molecule has 3 aromatic heterocycles. The lowest BCUT2D eigenvalue weighted by atomic mass is 9.62. The summed E-state index contributed by atoms with van der Waals surface area (Å²) in [6, 6.07) is 186. The molecule has 9 heteroatoms. The summed E-state index contributed by atoms with van der Waals surface area (Å²) in [6.45, 7) is 0. The van der Waals surface area contributed by atoms with Crippen molar-refractivity contribution >= 4 is 167 Å². The molecule has 6 nitrogen and oxygen atoms in total. The zero-order valence-corrected chi connectivity index (χ0v) is 80.7. The van der Waals surface area contributed by atoms with Gasteiger partial charge in [0.05, 0.1) is 66.4 Å². The summed E-state index contributed by atoms with van der Waals surface area (Å²) in [5.74, 6) is 0. The predicted molar refractivity (Wildman–Crippen MR) is 600 cm³/mol. The van der Waals surface area contributed by atoms with Gasteiger partial charge in [0.25, 0.3) is 0 Å². The van der Waals surface area contributed by atoms with E-state index in [2.05, 4.69) is 481 Å². The van der Waals surface area contributed by atoms with Gasteiger partial charge in [0.15, 0.2) is 21.4 Å². The van der Waals surface area contributed by atoms with Crippen LogP contribution in [0.3, 0.4) is 0 Å². The number of hydrogen-bond donors (Lipinski definition) is 0. The van der Waals surface area contributed by atoms with Gasteiger partial charge in [-0.05, 0) is 182 Å². The molecule has 0 saturated heterocycles. The first kappa shape index (κ1) is 82.8. The fraction of sp³-hybridized carbons (Fsp3) is 0.0222. The van der Waals surface area contributed by atoms with Crippen molar-refractivity contribution in [3.63, 3.8) is 0 Å². The zero-order valence-electron chi connectivity index (χ0n) is 78.1. The van der Waals surface area contributed by atoms with Crippen molar-refractivity contribution in [2.24, 2.45) is 0 Å². The third-order valence-corrected chi connectivity index (χ3v) is 42.1. The van der Waals surface area contributed by atoms with Gasteiger partial charge in [-0.1, -0.05) is 461 Å². The third-order valence-electron chi connectivity index (χ3n) is 32.5. The largest absolute Gasteiger partial charge is 0.309 e. The fourth-order valence-corrected chi connectivity index (χ4v) is 37.0. The van der Waals surface area contributed by atoms with Crippen molar-refractivity contribution in [1.29, 1.82) is 0 Å². The number of fused-ring (bicyclic) bond motifs is 39. The topological polar surface area (TPSA) is 66.0 Å². The Morgan fingerprint density at radius 1 is 0.160 bits per heavy atom. The highest BCUT2D eigenvalue weighted by Gasteiger charge is 2.60. The molecule has 9 heterocycles. The highest BCUT2D eigenvalue weighted by molar-refractivity contribution is 7.87. The van der Waals surface area contributed by atoms with Crippen LogP contribution in [0.2, 0.25) is 0 Å². The van der Waals surface area contributed by atoms with Crippen molar-refractivity contribution in [2.75, 3.05) is 0 Å². The highest BCUT2D eigenvalue weighted by atomic mass is 31.2. The molecule has 0 fully saturated rings. The molecule has 3 spiro atoms. The minimum Gasteiger partial charge on any atom is -0.309 e. The molecule has 144 heavy (non-hydrogen) atoms. The van der Waals surface area contributed by atoms with E-state index in [1.54, 1.807) is 0 Å². The third kappa shape index (κ3) is 10.8. The lowest BCUT2D eigenvalue weighted by molar-refractivity contribution is 0.589. The number of para-hydroxylation sites is 9. The smallest absolute Gasteiger partial charge is 0.172 e. The van der Waals surface area contributed by atoms with Crippen LogP contribution in [-0.4, -0.2) is 13.7 Å². The first-order chi connectivity index (χ1) is 71.1. The molecule has 6 aliphatic heterocycles. The Morgan fingerprint density at radius 2 is 0.424 bits per heavy atom. The Labute approximate surface area is 832 Å². The van der Waals surface area contributed by atoms with Crippen LogP contribution in [0.25, 0.3) is 137 Å². The van der Waals surface area contributed by atoms with Gasteiger partial charge >= 0.3 is 0 Å². The summed E-state index contributed by atoms with van der Waals surface area (Å²) >= 11 is 0. The minimum atomic E-state index is -3.44. The first-order valence-corrected chi connectivity index (χ1v) is 54.7. The van der Waals surface area contributed by atoms with Crippen LogP contribution < -0.4 is 47.7 Å². The maximum Gasteiger partial charge on any atom is 0.172 e. The van der Waals surface area contributed by atoms with Gasteiger partial charge < -0.3 is 27.4 Å². The Bertz CT molecular complexity index is 10000. The number of benzene rings is 23. The van der Waals surface area contributed by atoms with Crippen LogP contribution in [0.5, 0.6) is 0 Å². The summed E-state index contributed by atoms with van der Waals surface area (Å²) in [5.41, 5.74) is 26.9. The van der Waals surface area contributed by atoms with Crippen LogP contribution in [-0.2, 0) is 29.9 Å².